The van der Waals surface area contributed by atoms with E-state index < -0.39 is 17.1 Å². The van der Waals surface area contributed by atoms with E-state index in [0.717, 1.165) is 38.9 Å². The first kappa shape index (κ1) is 18.9. The molecule has 5 nitrogen and oxygen atoms in total. The van der Waals surface area contributed by atoms with Crippen LogP contribution in [0.5, 0.6) is 0 Å². The maximum Gasteiger partial charge on any atom is 0.294 e. The van der Waals surface area contributed by atoms with Gasteiger partial charge in [0.15, 0.2) is 0 Å². The van der Waals surface area contributed by atoms with Crippen LogP contribution in [0.3, 0.4) is 0 Å². The molecule has 1 aliphatic heterocycles. The van der Waals surface area contributed by atoms with Crippen LogP contribution in [0.2, 0.25) is 0 Å². The fourth-order valence-electron chi connectivity index (χ4n) is 2.65. The highest BCUT2D eigenvalue weighted by molar-refractivity contribution is 8.18. The van der Waals surface area contributed by atoms with Crippen molar-refractivity contribution in [2.45, 2.75) is 20.8 Å². The number of carbonyl (C=O) groups excluding carboxylic acids is 3. The molecule has 6 heteroatoms. The van der Waals surface area contributed by atoms with Gasteiger partial charge in [-0.1, -0.05) is 42.0 Å². The lowest BCUT2D eigenvalue weighted by Crippen LogP contribution is -2.36. The average Bonchev–Trinajstić information content (AvgIpc) is 2.87. The molecule has 1 fully saturated rings. The summed E-state index contributed by atoms with van der Waals surface area (Å²) in [6, 6.07) is 13.4. The Morgan fingerprint density at radius 1 is 1.04 bits per heavy atom. The van der Waals surface area contributed by atoms with Crippen molar-refractivity contribution in [3.05, 3.63) is 69.6 Å². The summed E-state index contributed by atoms with van der Waals surface area (Å²) >= 11 is 0.853. The first-order valence-corrected chi connectivity index (χ1v) is 9.34. The van der Waals surface area contributed by atoms with Crippen LogP contribution in [0.4, 0.5) is 10.5 Å². The first-order chi connectivity index (χ1) is 12.8. The van der Waals surface area contributed by atoms with E-state index >= 15 is 0 Å². The number of anilines is 1. The zero-order valence-electron chi connectivity index (χ0n) is 15.4. The van der Waals surface area contributed by atoms with E-state index in [4.69, 9.17) is 0 Å². The second kappa shape index (κ2) is 7.80. The minimum absolute atomic E-state index is 0.302. The standard InChI is InChI=1S/C21H20N2O3S/c1-13-5-8-16(9-6-13)11-18-20(25)23(21(26)27-18)12-19(24)22-17-10-14(2)4-7-15(17)3/h4-11H,12H2,1-3H3,(H,22,24)/b18-11+. The van der Waals surface area contributed by atoms with E-state index in [1.807, 2.05) is 63.2 Å². The van der Waals surface area contributed by atoms with Gasteiger partial charge in [0.2, 0.25) is 5.91 Å². The third-order valence-electron chi connectivity index (χ3n) is 4.22. The number of carbonyl (C=O) groups is 3. The largest absolute Gasteiger partial charge is 0.324 e. The van der Waals surface area contributed by atoms with Crippen LogP contribution in [0.25, 0.3) is 6.08 Å². The molecule has 1 heterocycles. The van der Waals surface area contributed by atoms with Gasteiger partial charge in [-0.05, 0) is 61.4 Å². The van der Waals surface area contributed by atoms with E-state index in [2.05, 4.69) is 5.32 Å². The van der Waals surface area contributed by atoms with Gasteiger partial charge in [0.25, 0.3) is 11.1 Å². The van der Waals surface area contributed by atoms with E-state index in [1.165, 1.54) is 0 Å². The topological polar surface area (TPSA) is 66.5 Å². The summed E-state index contributed by atoms with van der Waals surface area (Å²) in [4.78, 5) is 38.4. The van der Waals surface area contributed by atoms with Crippen LogP contribution in [-0.4, -0.2) is 28.5 Å². The maximum atomic E-state index is 12.5. The molecule has 3 rings (SSSR count). The second-order valence-electron chi connectivity index (χ2n) is 6.55. The van der Waals surface area contributed by atoms with Crippen molar-refractivity contribution in [2.75, 3.05) is 11.9 Å². The average molecular weight is 380 g/mol. The number of aryl methyl sites for hydroxylation is 3. The number of thioether (sulfide) groups is 1. The van der Waals surface area contributed by atoms with Crippen molar-refractivity contribution in [3.63, 3.8) is 0 Å². The van der Waals surface area contributed by atoms with E-state index in [0.29, 0.717) is 10.6 Å². The third kappa shape index (κ3) is 4.46. The third-order valence-corrected chi connectivity index (χ3v) is 5.12. The Morgan fingerprint density at radius 2 is 1.70 bits per heavy atom. The number of benzene rings is 2. The Morgan fingerprint density at radius 3 is 2.41 bits per heavy atom. The quantitative estimate of drug-likeness (QED) is 0.804. The number of hydrogen-bond acceptors (Lipinski definition) is 4. The van der Waals surface area contributed by atoms with Crippen LogP contribution < -0.4 is 5.32 Å². The summed E-state index contributed by atoms with van der Waals surface area (Å²) < 4.78 is 0. The summed E-state index contributed by atoms with van der Waals surface area (Å²) in [5, 5.41) is 2.34. The van der Waals surface area contributed by atoms with Gasteiger partial charge in [-0.15, -0.1) is 0 Å². The lowest BCUT2D eigenvalue weighted by Gasteiger charge is -2.14. The molecule has 138 valence electrons. The second-order valence-corrected chi connectivity index (χ2v) is 7.54. The zero-order valence-corrected chi connectivity index (χ0v) is 16.2. The van der Waals surface area contributed by atoms with Gasteiger partial charge >= 0.3 is 0 Å². The van der Waals surface area contributed by atoms with Crippen molar-refractivity contribution >= 4 is 40.6 Å². The lowest BCUT2D eigenvalue weighted by atomic mass is 10.1. The molecule has 1 saturated heterocycles. The van der Waals surface area contributed by atoms with Crippen molar-refractivity contribution in [1.82, 2.24) is 4.90 Å². The minimum Gasteiger partial charge on any atom is -0.324 e. The maximum absolute atomic E-state index is 12.5. The Hall–Kier alpha value is -2.86. The normalized spacial score (nSPS) is 15.5. The smallest absolute Gasteiger partial charge is 0.294 e. The van der Waals surface area contributed by atoms with Crippen molar-refractivity contribution in [3.8, 4) is 0 Å². The van der Waals surface area contributed by atoms with Crippen molar-refractivity contribution in [1.29, 1.82) is 0 Å². The molecular formula is C21H20N2O3S. The fourth-order valence-corrected chi connectivity index (χ4v) is 3.49. The van der Waals surface area contributed by atoms with Gasteiger partial charge in [-0.25, -0.2) is 0 Å². The van der Waals surface area contributed by atoms with Crippen LogP contribution in [0.15, 0.2) is 47.4 Å². The van der Waals surface area contributed by atoms with Gasteiger partial charge in [0, 0.05) is 5.69 Å². The zero-order chi connectivity index (χ0) is 19.6. The monoisotopic (exact) mass is 380 g/mol. The predicted molar refractivity (Wildman–Crippen MR) is 108 cm³/mol. The first-order valence-electron chi connectivity index (χ1n) is 8.52. The van der Waals surface area contributed by atoms with E-state index in [1.54, 1.807) is 6.08 Å². The molecule has 0 radical (unpaired) electrons. The van der Waals surface area contributed by atoms with Crippen LogP contribution in [0, 0.1) is 20.8 Å². The van der Waals surface area contributed by atoms with Gasteiger partial charge in [-0.3, -0.25) is 19.3 Å². The Balaban J connectivity index is 1.71. The summed E-state index contributed by atoms with van der Waals surface area (Å²) in [6.07, 6.45) is 1.67. The molecule has 2 aromatic carbocycles. The van der Waals surface area contributed by atoms with E-state index in [9.17, 15) is 14.4 Å². The lowest BCUT2D eigenvalue weighted by molar-refractivity contribution is -0.127. The molecule has 1 N–H and O–H groups in total. The molecule has 0 atom stereocenters. The van der Waals surface area contributed by atoms with Crippen molar-refractivity contribution < 1.29 is 14.4 Å². The molecule has 0 spiro atoms. The summed E-state index contributed by atoms with van der Waals surface area (Å²) in [6.45, 7) is 5.50. The van der Waals surface area contributed by atoms with Crippen LogP contribution >= 0.6 is 11.8 Å². The molecule has 0 aromatic heterocycles. The highest BCUT2D eigenvalue weighted by atomic mass is 32.2. The highest BCUT2D eigenvalue weighted by Gasteiger charge is 2.36. The van der Waals surface area contributed by atoms with Crippen LogP contribution in [0.1, 0.15) is 22.3 Å². The molecule has 0 unspecified atom stereocenters. The Labute approximate surface area is 162 Å². The molecule has 3 amide bonds. The molecule has 27 heavy (non-hydrogen) atoms. The number of amides is 3. The highest BCUT2D eigenvalue weighted by Crippen LogP contribution is 2.32. The number of hydrogen-bond donors (Lipinski definition) is 1. The molecular weight excluding hydrogens is 360 g/mol. The number of rotatable bonds is 4. The van der Waals surface area contributed by atoms with Gasteiger partial charge < -0.3 is 5.32 Å². The van der Waals surface area contributed by atoms with Gasteiger partial charge in [0.05, 0.1) is 4.91 Å². The molecule has 0 bridgehead atoms. The summed E-state index contributed by atoms with van der Waals surface area (Å²) in [7, 11) is 0. The van der Waals surface area contributed by atoms with E-state index in [-0.39, 0.29) is 6.54 Å². The minimum atomic E-state index is -0.443. The SMILES string of the molecule is Cc1ccc(/C=C2/SC(=O)N(CC(=O)Nc3cc(C)ccc3C)C2=O)cc1. The summed E-state index contributed by atoms with van der Waals surface area (Å²) in [5.74, 6) is -0.843. The van der Waals surface area contributed by atoms with Crippen molar-refractivity contribution in [2.24, 2.45) is 0 Å². The predicted octanol–water partition coefficient (Wildman–Crippen LogP) is 4.29. The summed E-state index contributed by atoms with van der Waals surface area (Å²) in [5.41, 5.74) is 4.57. The molecule has 1 aliphatic rings. The number of nitrogens with one attached hydrogen (secondary N) is 1. The molecule has 2 aromatic rings. The van der Waals surface area contributed by atoms with Gasteiger partial charge in [-0.2, -0.15) is 0 Å². The van der Waals surface area contributed by atoms with Crippen LogP contribution in [-0.2, 0) is 9.59 Å². The Bertz CT molecular complexity index is 948. The van der Waals surface area contributed by atoms with Gasteiger partial charge in [0.1, 0.15) is 6.54 Å². The number of nitrogens with zero attached hydrogens (tertiary/aromatic N) is 1. The molecule has 0 aliphatic carbocycles. The fraction of sp³-hybridized carbons (Fsp3) is 0.190. The molecule has 0 saturated carbocycles. The Kier molecular flexibility index (Phi) is 5.46. The number of imide groups is 1.